The summed E-state index contributed by atoms with van der Waals surface area (Å²) in [4.78, 5) is 13.8. The maximum Gasteiger partial charge on any atom is 0.240 e. The Labute approximate surface area is 156 Å². The van der Waals surface area contributed by atoms with E-state index in [0.29, 0.717) is 0 Å². The van der Waals surface area contributed by atoms with E-state index in [4.69, 9.17) is 0 Å². The first-order valence-corrected chi connectivity index (χ1v) is 10.0. The van der Waals surface area contributed by atoms with E-state index in [1.54, 1.807) is 23.1 Å². The van der Waals surface area contributed by atoms with Gasteiger partial charge in [-0.05, 0) is 74.2 Å². The number of hydrogen-bond donors (Lipinski definition) is 1. The summed E-state index contributed by atoms with van der Waals surface area (Å²) >= 11 is 0. The summed E-state index contributed by atoms with van der Waals surface area (Å²) in [5, 5.41) is 0. The maximum atomic E-state index is 12.5. The maximum absolute atomic E-state index is 12.5. The molecule has 0 fully saturated rings. The van der Waals surface area contributed by atoms with Crippen molar-refractivity contribution in [3.63, 3.8) is 0 Å². The van der Waals surface area contributed by atoms with Gasteiger partial charge in [-0.15, -0.1) is 0 Å². The molecule has 0 heterocycles. The fourth-order valence-corrected chi connectivity index (χ4v) is 3.72. The molecule has 5 nitrogen and oxygen atoms in total. The summed E-state index contributed by atoms with van der Waals surface area (Å²) in [7, 11) is -3.61. The molecular weight excluding hydrogens is 348 g/mol. The quantitative estimate of drug-likeness (QED) is 0.844. The summed E-state index contributed by atoms with van der Waals surface area (Å²) in [5.41, 5.74) is 4.97. The lowest BCUT2D eigenvalue weighted by atomic mass is 10.1. The molecule has 0 radical (unpaired) electrons. The molecular formula is C20H26N2O3S. The van der Waals surface area contributed by atoms with E-state index in [9.17, 15) is 13.2 Å². The van der Waals surface area contributed by atoms with E-state index in [0.717, 1.165) is 27.9 Å². The standard InChI is InChI=1S/C20H26N2O3S/c1-14-6-8-19(12-16(14)3)22(18(5)23)11-10-21-26(24,25)20-9-7-15(2)17(4)13-20/h6-9,12-13,21H,10-11H2,1-5H3. The van der Waals surface area contributed by atoms with E-state index in [2.05, 4.69) is 4.72 Å². The molecule has 0 bridgehead atoms. The van der Waals surface area contributed by atoms with Crippen molar-refractivity contribution in [3.8, 4) is 0 Å². The Morgan fingerprint density at radius 2 is 1.50 bits per heavy atom. The number of nitrogens with zero attached hydrogens (tertiary/aromatic N) is 1. The summed E-state index contributed by atoms with van der Waals surface area (Å²) in [6, 6.07) is 10.8. The van der Waals surface area contributed by atoms with Gasteiger partial charge >= 0.3 is 0 Å². The van der Waals surface area contributed by atoms with E-state index in [-0.39, 0.29) is 23.9 Å². The number of carbonyl (C=O) groups excluding carboxylic acids is 1. The fourth-order valence-electron chi connectivity index (χ4n) is 2.62. The average Bonchev–Trinajstić information content (AvgIpc) is 2.56. The van der Waals surface area contributed by atoms with Crippen LogP contribution in [-0.4, -0.2) is 27.4 Å². The lowest BCUT2D eigenvalue weighted by Gasteiger charge is -2.22. The molecule has 26 heavy (non-hydrogen) atoms. The monoisotopic (exact) mass is 374 g/mol. The molecule has 140 valence electrons. The normalized spacial score (nSPS) is 11.4. The first kappa shape index (κ1) is 20.1. The highest BCUT2D eigenvalue weighted by atomic mass is 32.2. The lowest BCUT2D eigenvalue weighted by Crippen LogP contribution is -2.37. The molecule has 0 aromatic heterocycles. The molecule has 0 aliphatic heterocycles. The molecule has 0 aliphatic rings. The Morgan fingerprint density at radius 3 is 2.04 bits per heavy atom. The minimum Gasteiger partial charge on any atom is -0.311 e. The zero-order chi connectivity index (χ0) is 19.5. The van der Waals surface area contributed by atoms with Gasteiger partial charge in [0.15, 0.2) is 0 Å². The molecule has 0 aliphatic carbocycles. The zero-order valence-electron chi connectivity index (χ0n) is 16.0. The molecule has 0 unspecified atom stereocenters. The Morgan fingerprint density at radius 1 is 0.923 bits per heavy atom. The smallest absolute Gasteiger partial charge is 0.240 e. The van der Waals surface area contributed by atoms with E-state index in [1.165, 1.54) is 6.92 Å². The van der Waals surface area contributed by atoms with Gasteiger partial charge in [0.05, 0.1) is 4.90 Å². The topological polar surface area (TPSA) is 66.5 Å². The van der Waals surface area contributed by atoms with Crippen molar-refractivity contribution < 1.29 is 13.2 Å². The number of anilines is 1. The van der Waals surface area contributed by atoms with Crippen molar-refractivity contribution >= 4 is 21.6 Å². The molecule has 2 aromatic carbocycles. The number of carbonyl (C=O) groups is 1. The molecule has 0 atom stereocenters. The van der Waals surface area contributed by atoms with E-state index in [1.807, 2.05) is 45.9 Å². The van der Waals surface area contributed by atoms with Crippen LogP contribution in [0.15, 0.2) is 41.3 Å². The number of sulfonamides is 1. The summed E-state index contributed by atoms with van der Waals surface area (Å²) in [6.45, 7) is 9.70. The molecule has 0 saturated carbocycles. The second kappa shape index (κ2) is 8.01. The Balaban J connectivity index is 2.10. The minimum atomic E-state index is -3.61. The van der Waals surface area contributed by atoms with Crippen LogP contribution in [0.4, 0.5) is 5.69 Å². The summed E-state index contributed by atoms with van der Waals surface area (Å²) < 4.78 is 27.5. The predicted molar refractivity (Wildman–Crippen MR) is 105 cm³/mol. The molecule has 2 rings (SSSR count). The van der Waals surface area contributed by atoms with E-state index < -0.39 is 10.0 Å². The van der Waals surface area contributed by atoms with Crippen molar-refractivity contribution in [3.05, 3.63) is 58.7 Å². The zero-order valence-corrected chi connectivity index (χ0v) is 16.8. The third-order valence-corrected chi connectivity index (χ3v) is 6.06. The van der Waals surface area contributed by atoms with Crippen molar-refractivity contribution in [1.82, 2.24) is 4.72 Å². The second-order valence-corrected chi connectivity index (χ2v) is 8.35. The lowest BCUT2D eigenvalue weighted by molar-refractivity contribution is -0.116. The SMILES string of the molecule is CC(=O)N(CCNS(=O)(=O)c1ccc(C)c(C)c1)c1ccc(C)c(C)c1. The van der Waals surface area contributed by atoms with Crippen LogP contribution >= 0.6 is 0 Å². The van der Waals surface area contributed by atoms with Crippen LogP contribution in [0.3, 0.4) is 0 Å². The predicted octanol–water partition coefficient (Wildman–Crippen LogP) is 3.25. The average molecular weight is 375 g/mol. The van der Waals surface area contributed by atoms with Gasteiger partial charge in [0.2, 0.25) is 15.9 Å². The Kier molecular flexibility index (Phi) is 6.21. The van der Waals surface area contributed by atoms with Gasteiger partial charge in [0.1, 0.15) is 0 Å². The number of nitrogens with one attached hydrogen (secondary N) is 1. The minimum absolute atomic E-state index is 0.126. The van der Waals surface area contributed by atoms with Crippen molar-refractivity contribution in [2.45, 2.75) is 39.5 Å². The van der Waals surface area contributed by atoms with Crippen LogP contribution in [0.25, 0.3) is 0 Å². The van der Waals surface area contributed by atoms with Crippen LogP contribution < -0.4 is 9.62 Å². The van der Waals surface area contributed by atoms with Crippen LogP contribution in [0, 0.1) is 27.7 Å². The molecule has 1 N–H and O–H groups in total. The first-order valence-electron chi connectivity index (χ1n) is 8.54. The highest BCUT2D eigenvalue weighted by molar-refractivity contribution is 7.89. The van der Waals surface area contributed by atoms with Gasteiger partial charge in [-0.3, -0.25) is 4.79 Å². The number of aryl methyl sites for hydroxylation is 4. The third kappa shape index (κ3) is 4.71. The van der Waals surface area contributed by atoms with Gasteiger partial charge in [0.25, 0.3) is 0 Å². The van der Waals surface area contributed by atoms with E-state index >= 15 is 0 Å². The second-order valence-electron chi connectivity index (χ2n) is 6.58. The Hall–Kier alpha value is -2.18. The van der Waals surface area contributed by atoms with Gasteiger partial charge in [-0.2, -0.15) is 0 Å². The van der Waals surface area contributed by atoms with Crippen LogP contribution in [0.5, 0.6) is 0 Å². The first-order chi connectivity index (χ1) is 12.1. The molecule has 2 aromatic rings. The fraction of sp³-hybridized carbons (Fsp3) is 0.350. The van der Waals surface area contributed by atoms with Crippen molar-refractivity contribution in [2.24, 2.45) is 0 Å². The van der Waals surface area contributed by atoms with Gasteiger partial charge in [-0.25, -0.2) is 13.1 Å². The number of rotatable bonds is 6. The molecule has 0 saturated heterocycles. The van der Waals surface area contributed by atoms with Crippen molar-refractivity contribution in [2.75, 3.05) is 18.0 Å². The molecule has 0 spiro atoms. The largest absolute Gasteiger partial charge is 0.311 e. The van der Waals surface area contributed by atoms with Crippen LogP contribution in [0.1, 0.15) is 29.2 Å². The molecule has 6 heteroatoms. The number of hydrogen-bond acceptors (Lipinski definition) is 3. The summed E-state index contributed by atoms with van der Waals surface area (Å²) in [6.07, 6.45) is 0. The summed E-state index contributed by atoms with van der Waals surface area (Å²) in [5.74, 6) is -0.126. The third-order valence-electron chi connectivity index (χ3n) is 4.60. The van der Waals surface area contributed by atoms with Crippen LogP contribution in [-0.2, 0) is 14.8 Å². The van der Waals surface area contributed by atoms with Crippen molar-refractivity contribution in [1.29, 1.82) is 0 Å². The number of amides is 1. The number of benzene rings is 2. The van der Waals surface area contributed by atoms with Crippen LogP contribution in [0.2, 0.25) is 0 Å². The van der Waals surface area contributed by atoms with Gasteiger partial charge in [-0.1, -0.05) is 12.1 Å². The van der Waals surface area contributed by atoms with Gasteiger partial charge in [0, 0.05) is 25.7 Å². The highest BCUT2D eigenvalue weighted by Gasteiger charge is 2.17. The molecule has 1 amide bonds. The highest BCUT2D eigenvalue weighted by Crippen LogP contribution is 2.19. The Bertz CT molecular complexity index is 921. The van der Waals surface area contributed by atoms with Gasteiger partial charge < -0.3 is 4.90 Å².